The van der Waals surface area contributed by atoms with E-state index >= 15 is 0 Å². The summed E-state index contributed by atoms with van der Waals surface area (Å²) in [5.41, 5.74) is -2.02. The van der Waals surface area contributed by atoms with Gasteiger partial charge in [-0.05, 0) is 34.1 Å². The van der Waals surface area contributed by atoms with Crippen molar-refractivity contribution in [2.75, 3.05) is 13.2 Å². The minimum absolute atomic E-state index is 0.248. The van der Waals surface area contributed by atoms with Gasteiger partial charge in [-0.2, -0.15) is 0 Å². The lowest BCUT2D eigenvalue weighted by Gasteiger charge is -2.32. The molecule has 2 unspecified atom stereocenters. The molecular weight excluding hydrogens is 238 g/mol. The fraction of sp³-hybridized carbons (Fsp3) is 0.833. The second-order valence-corrected chi connectivity index (χ2v) is 5.69. The number of carboxylic acid groups (broad SMARTS) is 1. The van der Waals surface area contributed by atoms with Gasteiger partial charge in [-0.15, -0.1) is 0 Å². The van der Waals surface area contributed by atoms with Crippen LogP contribution in [-0.4, -0.2) is 41.5 Å². The maximum Gasteiger partial charge on any atom is 0.408 e. The number of carboxylic acids is 1. The molecule has 2 N–H and O–H groups in total. The molecule has 1 aliphatic rings. The minimum Gasteiger partial charge on any atom is -0.480 e. The van der Waals surface area contributed by atoms with Gasteiger partial charge in [0.05, 0.1) is 6.61 Å². The molecule has 104 valence electrons. The predicted octanol–water partition coefficient (Wildman–Crippen LogP) is 1.39. The highest BCUT2D eigenvalue weighted by Gasteiger charge is 2.45. The average molecular weight is 259 g/mol. The quantitative estimate of drug-likeness (QED) is 0.800. The molecule has 0 aromatic carbocycles. The van der Waals surface area contributed by atoms with E-state index in [1.807, 2.05) is 0 Å². The average Bonchev–Trinajstić information content (AvgIpc) is 2.66. The third-order valence-corrected chi connectivity index (χ3v) is 2.95. The maximum absolute atomic E-state index is 11.7. The Bertz CT molecular complexity index is 330. The van der Waals surface area contributed by atoms with E-state index < -0.39 is 23.2 Å². The van der Waals surface area contributed by atoms with Gasteiger partial charge in [0.15, 0.2) is 0 Å². The van der Waals surface area contributed by atoms with Crippen molar-refractivity contribution in [2.24, 2.45) is 5.92 Å². The molecule has 2 atom stereocenters. The van der Waals surface area contributed by atoms with Gasteiger partial charge in [0.25, 0.3) is 0 Å². The first-order valence-electron chi connectivity index (χ1n) is 5.97. The molecular formula is C12H21NO5. The van der Waals surface area contributed by atoms with E-state index in [1.54, 1.807) is 20.8 Å². The smallest absolute Gasteiger partial charge is 0.408 e. The summed E-state index contributed by atoms with van der Waals surface area (Å²) >= 11 is 0. The molecule has 0 aromatic rings. The Hall–Kier alpha value is -1.30. The largest absolute Gasteiger partial charge is 0.480 e. The van der Waals surface area contributed by atoms with Crippen LogP contribution in [0.15, 0.2) is 0 Å². The first-order valence-corrected chi connectivity index (χ1v) is 5.97. The van der Waals surface area contributed by atoms with Crippen LogP contribution in [0.25, 0.3) is 0 Å². The molecule has 6 nitrogen and oxygen atoms in total. The van der Waals surface area contributed by atoms with Crippen LogP contribution >= 0.6 is 0 Å². The second-order valence-electron chi connectivity index (χ2n) is 5.69. The van der Waals surface area contributed by atoms with Crippen molar-refractivity contribution in [3.05, 3.63) is 0 Å². The van der Waals surface area contributed by atoms with Crippen LogP contribution in [-0.2, 0) is 14.3 Å². The Morgan fingerprint density at radius 3 is 2.33 bits per heavy atom. The van der Waals surface area contributed by atoms with Crippen LogP contribution in [0.3, 0.4) is 0 Å². The Labute approximate surface area is 107 Å². The minimum atomic E-state index is -1.36. The molecule has 0 aromatic heterocycles. The summed E-state index contributed by atoms with van der Waals surface area (Å²) in [7, 11) is 0. The van der Waals surface area contributed by atoms with Crippen molar-refractivity contribution in [2.45, 2.75) is 45.3 Å². The molecule has 1 aliphatic heterocycles. The topological polar surface area (TPSA) is 84.9 Å². The summed E-state index contributed by atoms with van der Waals surface area (Å²) < 4.78 is 10.3. The standard InChI is InChI=1S/C12H21NO5/c1-11(2,3)18-10(16)13-12(4,9(14)15)8-5-6-17-7-8/h8H,5-7H2,1-4H3,(H,13,16)(H,14,15). The van der Waals surface area contributed by atoms with Crippen LogP contribution in [0.1, 0.15) is 34.1 Å². The van der Waals surface area contributed by atoms with E-state index in [0.29, 0.717) is 19.6 Å². The molecule has 0 saturated carbocycles. The SMILES string of the molecule is CC(C)(C)OC(=O)NC(C)(C(=O)O)C1CCOC1. The molecule has 0 radical (unpaired) electrons. The number of aliphatic carboxylic acids is 1. The highest BCUT2D eigenvalue weighted by Crippen LogP contribution is 2.26. The third kappa shape index (κ3) is 3.60. The fourth-order valence-electron chi connectivity index (χ4n) is 1.84. The van der Waals surface area contributed by atoms with Crippen molar-refractivity contribution >= 4 is 12.1 Å². The van der Waals surface area contributed by atoms with Crippen molar-refractivity contribution in [3.63, 3.8) is 0 Å². The van der Waals surface area contributed by atoms with Gasteiger partial charge in [-0.25, -0.2) is 9.59 Å². The molecule has 1 saturated heterocycles. The Morgan fingerprint density at radius 2 is 1.94 bits per heavy atom. The number of nitrogens with one attached hydrogen (secondary N) is 1. The zero-order valence-electron chi connectivity index (χ0n) is 11.3. The number of hydrogen-bond donors (Lipinski definition) is 2. The highest BCUT2D eigenvalue weighted by atomic mass is 16.6. The fourth-order valence-corrected chi connectivity index (χ4v) is 1.84. The lowest BCUT2D eigenvalue weighted by molar-refractivity contribution is -0.146. The Kier molecular flexibility index (Phi) is 4.21. The second kappa shape index (κ2) is 5.14. The molecule has 6 heteroatoms. The molecule has 0 spiro atoms. The van der Waals surface area contributed by atoms with Crippen LogP contribution in [0.2, 0.25) is 0 Å². The lowest BCUT2D eigenvalue weighted by atomic mass is 9.85. The van der Waals surface area contributed by atoms with Gasteiger partial charge in [0.1, 0.15) is 11.1 Å². The molecule has 18 heavy (non-hydrogen) atoms. The van der Waals surface area contributed by atoms with Gasteiger partial charge in [-0.3, -0.25) is 0 Å². The van der Waals surface area contributed by atoms with Gasteiger partial charge < -0.3 is 19.9 Å². The van der Waals surface area contributed by atoms with Gasteiger partial charge in [-0.1, -0.05) is 0 Å². The number of alkyl carbamates (subject to hydrolysis) is 1. The molecule has 0 aliphatic carbocycles. The summed E-state index contributed by atoms with van der Waals surface area (Å²) in [4.78, 5) is 23.1. The van der Waals surface area contributed by atoms with Gasteiger partial charge >= 0.3 is 12.1 Å². The molecule has 0 bridgehead atoms. The van der Waals surface area contributed by atoms with Crippen LogP contribution in [0, 0.1) is 5.92 Å². The third-order valence-electron chi connectivity index (χ3n) is 2.95. The summed E-state index contributed by atoms with van der Waals surface area (Å²) in [6, 6.07) is 0. The monoisotopic (exact) mass is 259 g/mol. The number of amides is 1. The number of carbonyl (C=O) groups excluding carboxylic acids is 1. The normalized spacial score (nSPS) is 23.2. The number of hydrogen-bond acceptors (Lipinski definition) is 4. The van der Waals surface area contributed by atoms with Crippen molar-refractivity contribution in [1.82, 2.24) is 5.32 Å². The first-order chi connectivity index (χ1) is 8.15. The van der Waals surface area contributed by atoms with Crippen molar-refractivity contribution < 1.29 is 24.2 Å². The van der Waals surface area contributed by atoms with Crippen molar-refractivity contribution in [1.29, 1.82) is 0 Å². The molecule has 1 amide bonds. The first kappa shape index (κ1) is 14.8. The Balaban J connectivity index is 2.74. The molecule has 1 heterocycles. The molecule has 1 fully saturated rings. The summed E-state index contributed by atoms with van der Waals surface area (Å²) in [5.74, 6) is -1.33. The van der Waals surface area contributed by atoms with Crippen LogP contribution in [0.4, 0.5) is 4.79 Å². The zero-order chi connectivity index (χ0) is 14.0. The Morgan fingerprint density at radius 1 is 1.33 bits per heavy atom. The number of ether oxygens (including phenoxy) is 2. The van der Waals surface area contributed by atoms with Crippen LogP contribution in [0.5, 0.6) is 0 Å². The number of rotatable bonds is 3. The maximum atomic E-state index is 11.7. The summed E-state index contributed by atoms with van der Waals surface area (Å²) in [6.07, 6.45) is -0.113. The van der Waals surface area contributed by atoms with E-state index in [2.05, 4.69) is 5.32 Å². The van der Waals surface area contributed by atoms with E-state index in [9.17, 15) is 14.7 Å². The van der Waals surface area contributed by atoms with E-state index in [1.165, 1.54) is 6.92 Å². The van der Waals surface area contributed by atoms with E-state index in [4.69, 9.17) is 9.47 Å². The lowest BCUT2D eigenvalue weighted by Crippen LogP contribution is -2.58. The zero-order valence-corrected chi connectivity index (χ0v) is 11.3. The van der Waals surface area contributed by atoms with Gasteiger partial charge in [0.2, 0.25) is 0 Å². The van der Waals surface area contributed by atoms with Crippen molar-refractivity contribution in [3.8, 4) is 0 Å². The highest BCUT2D eigenvalue weighted by molar-refractivity contribution is 5.84. The summed E-state index contributed by atoms with van der Waals surface area (Å²) in [5, 5.41) is 11.8. The van der Waals surface area contributed by atoms with Crippen LogP contribution < -0.4 is 5.32 Å². The molecule has 1 rings (SSSR count). The van der Waals surface area contributed by atoms with E-state index in [-0.39, 0.29) is 5.92 Å². The van der Waals surface area contributed by atoms with Gasteiger partial charge in [0, 0.05) is 12.5 Å². The summed E-state index contributed by atoms with van der Waals surface area (Å²) in [6.45, 7) is 7.51. The number of carbonyl (C=O) groups is 2. The van der Waals surface area contributed by atoms with E-state index in [0.717, 1.165) is 0 Å². The predicted molar refractivity (Wildman–Crippen MR) is 64.3 cm³/mol.